The average Bonchev–Trinajstić information content (AvgIpc) is 2.44. The first-order valence-electron chi connectivity index (χ1n) is 7.01. The number of piperidine rings is 3. The van der Waals surface area contributed by atoms with Gasteiger partial charge >= 0.3 is 0 Å². The highest BCUT2D eigenvalue weighted by Crippen LogP contribution is 2.29. The maximum atomic E-state index is 13.8. The van der Waals surface area contributed by atoms with E-state index in [1.165, 1.54) is 32.1 Å². The van der Waals surface area contributed by atoms with Gasteiger partial charge in [-0.1, -0.05) is 0 Å². The first-order valence-corrected chi connectivity index (χ1v) is 7.01. The molecule has 0 amide bonds. The van der Waals surface area contributed by atoms with E-state index < -0.39 is 0 Å². The molecule has 104 valence electrons. The third-order valence-corrected chi connectivity index (χ3v) is 4.06. The molecule has 3 saturated heterocycles. The highest BCUT2D eigenvalue weighted by atomic mass is 19.1. The van der Waals surface area contributed by atoms with Gasteiger partial charge in [-0.15, -0.1) is 0 Å². The summed E-state index contributed by atoms with van der Waals surface area (Å²) in [6, 6.07) is 0.307. The SMILES string of the molecule is CCNc1ncc(F)c(NC2CN3CCC2CC3)n1. The van der Waals surface area contributed by atoms with E-state index in [0.717, 1.165) is 13.1 Å². The predicted molar refractivity (Wildman–Crippen MR) is 72.7 cm³/mol. The monoisotopic (exact) mass is 265 g/mol. The lowest BCUT2D eigenvalue weighted by molar-refractivity contribution is 0.0972. The summed E-state index contributed by atoms with van der Waals surface area (Å²) in [7, 11) is 0. The van der Waals surface area contributed by atoms with Crippen molar-refractivity contribution in [2.24, 2.45) is 5.92 Å². The van der Waals surface area contributed by atoms with Crippen molar-refractivity contribution in [2.45, 2.75) is 25.8 Å². The fourth-order valence-electron chi connectivity index (χ4n) is 3.02. The van der Waals surface area contributed by atoms with Gasteiger partial charge < -0.3 is 15.5 Å². The zero-order valence-corrected chi connectivity index (χ0v) is 11.2. The van der Waals surface area contributed by atoms with Crippen LogP contribution in [0.3, 0.4) is 0 Å². The van der Waals surface area contributed by atoms with Crippen LogP contribution in [0.4, 0.5) is 16.2 Å². The summed E-state index contributed by atoms with van der Waals surface area (Å²) in [6.07, 6.45) is 3.63. The molecule has 1 aromatic heterocycles. The van der Waals surface area contributed by atoms with Crippen LogP contribution in [0, 0.1) is 11.7 Å². The van der Waals surface area contributed by atoms with Crippen LogP contribution in [0.5, 0.6) is 0 Å². The maximum absolute atomic E-state index is 13.8. The summed E-state index contributed by atoms with van der Waals surface area (Å²) in [5.41, 5.74) is 0. The number of nitrogens with one attached hydrogen (secondary N) is 2. The number of fused-ring (bicyclic) bond motifs is 3. The third-order valence-electron chi connectivity index (χ3n) is 4.06. The third kappa shape index (κ3) is 2.63. The van der Waals surface area contributed by atoms with Gasteiger partial charge in [-0.2, -0.15) is 4.98 Å². The van der Waals surface area contributed by atoms with Gasteiger partial charge in [0, 0.05) is 19.1 Å². The van der Waals surface area contributed by atoms with Crippen molar-refractivity contribution in [2.75, 3.05) is 36.8 Å². The predicted octanol–water partition coefficient (Wildman–Crippen LogP) is 1.55. The summed E-state index contributed by atoms with van der Waals surface area (Å²) in [5, 5.41) is 6.28. The Balaban J connectivity index is 1.73. The molecule has 1 atom stereocenters. The molecule has 1 aromatic rings. The topological polar surface area (TPSA) is 53.1 Å². The molecule has 3 fully saturated rings. The molecule has 3 aliphatic heterocycles. The highest BCUT2D eigenvalue weighted by molar-refractivity contribution is 5.42. The van der Waals surface area contributed by atoms with Crippen LogP contribution in [0.2, 0.25) is 0 Å². The van der Waals surface area contributed by atoms with E-state index in [2.05, 4.69) is 25.5 Å². The molecule has 3 aliphatic rings. The summed E-state index contributed by atoms with van der Waals surface area (Å²) in [5.74, 6) is 1.07. The van der Waals surface area contributed by atoms with E-state index in [0.29, 0.717) is 23.7 Å². The lowest BCUT2D eigenvalue weighted by Crippen LogP contribution is -2.53. The lowest BCUT2D eigenvalue weighted by atomic mass is 9.84. The fraction of sp³-hybridized carbons (Fsp3) is 0.692. The van der Waals surface area contributed by atoms with Crippen LogP contribution in [-0.4, -0.2) is 47.1 Å². The second-order valence-corrected chi connectivity index (χ2v) is 5.31. The Hall–Kier alpha value is -1.43. The molecule has 2 bridgehead atoms. The molecule has 5 nitrogen and oxygen atoms in total. The zero-order chi connectivity index (χ0) is 13.2. The van der Waals surface area contributed by atoms with Crippen LogP contribution in [0.1, 0.15) is 19.8 Å². The van der Waals surface area contributed by atoms with E-state index in [9.17, 15) is 4.39 Å². The minimum Gasteiger partial charge on any atom is -0.363 e. The average molecular weight is 265 g/mol. The van der Waals surface area contributed by atoms with Gasteiger partial charge in [-0.05, 0) is 38.8 Å². The molecular formula is C13H20FN5. The molecule has 4 rings (SSSR count). The summed E-state index contributed by atoms with van der Waals surface area (Å²) >= 11 is 0. The number of nitrogens with zero attached hydrogens (tertiary/aromatic N) is 3. The van der Waals surface area contributed by atoms with Gasteiger partial charge in [-0.3, -0.25) is 0 Å². The Labute approximate surface area is 112 Å². The van der Waals surface area contributed by atoms with Crippen molar-refractivity contribution in [1.82, 2.24) is 14.9 Å². The van der Waals surface area contributed by atoms with Crippen molar-refractivity contribution >= 4 is 11.8 Å². The van der Waals surface area contributed by atoms with Crippen LogP contribution >= 0.6 is 0 Å². The number of halogens is 1. The van der Waals surface area contributed by atoms with Gasteiger partial charge in [0.25, 0.3) is 0 Å². The fourth-order valence-corrected chi connectivity index (χ4v) is 3.02. The number of rotatable bonds is 4. The van der Waals surface area contributed by atoms with Gasteiger partial charge in [0.2, 0.25) is 5.95 Å². The number of hydrogen-bond acceptors (Lipinski definition) is 5. The van der Waals surface area contributed by atoms with E-state index in [1.807, 2.05) is 6.92 Å². The Morgan fingerprint density at radius 2 is 2.21 bits per heavy atom. The standard InChI is InChI=1S/C13H20FN5/c1-2-15-13-16-7-10(14)12(18-13)17-11-8-19-5-3-9(11)4-6-19/h7,9,11H,2-6,8H2,1H3,(H2,15,16,17,18). The van der Waals surface area contributed by atoms with Crippen molar-refractivity contribution < 1.29 is 4.39 Å². The number of anilines is 2. The molecule has 2 N–H and O–H groups in total. The molecule has 0 aromatic carbocycles. The second kappa shape index (κ2) is 5.28. The number of aromatic nitrogens is 2. The lowest BCUT2D eigenvalue weighted by Gasteiger charge is -2.45. The minimum atomic E-state index is -0.377. The second-order valence-electron chi connectivity index (χ2n) is 5.31. The molecule has 0 spiro atoms. The van der Waals surface area contributed by atoms with Crippen LogP contribution in [0.15, 0.2) is 6.20 Å². The van der Waals surface area contributed by atoms with E-state index in [-0.39, 0.29) is 5.82 Å². The smallest absolute Gasteiger partial charge is 0.224 e. The van der Waals surface area contributed by atoms with E-state index in [1.54, 1.807) is 0 Å². The van der Waals surface area contributed by atoms with Gasteiger partial charge in [0.05, 0.1) is 6.20 Å². The summed E-state index contributed by atoms with van der Waals surface area (Å²) in [6.45, 7) is 6.04. The van der Waals surface area contributed by atoms with Crippen molar-refractivity contribution in [1.29, 1.82) is 0 Å². The minimum absolute atomic E-state index is 0.307. The largest absolute Gasteiger partial charge is 0.363 e. The quantitative estimate of drug-likeness (QED) is 0.865. The zero-order valence-electron chi connectivity index (χ0n) is 11.2. The highest BCUT2D eigenvalue weighted by Gasteiger charge is 2.34. The van der Waals surface area contributed by atoms with Gasteiger partial charge in [0.15, 0.2) is 11.6 Å². The van der Waals surface area contributed by atoms with Crippen molar-refractivity contribution in [3.63, 3.8) is 0 Å². The van der Waals surface area contributed by atoms with Crippen LogP contribution < -0.4 is 10.6 Å². The van der Waals surface area contributed by atoms with Crippen molar-refractivity contribution in [3.8, 4) is 0 Å². The van der Waals surface area contributed by atoms with Gasteiger partial charge in [-0.25, -0.2) is 9.37 Å². The van der Waals surface area contributed by atoms with Crippen molar-refractivity contribution in [3.05, 3.63) is 12.0 Å². The Kier molecular flexibility index (Phi) is 3.50. The molecule has 6 heteroatoms. The van der Waals surface area contributed by atoms with Crippen LogP contribution in [0.25, 0.3) is 0 Å². The summed E-state index contributed by atoms with van der Waals surface area (Å²) in [4.78, 5) is 10.6. The molecule has 1 unspecified atom stereocenters. The molecule has 0 saturated carbocycles. The molecule has 19 heavy (non-hydrogen) atoms. The first kappa shape index (κ1) is 12.6. The Morgan fingerprint density at radius 3 is 2.84 bits per heavy atom. The Bertz CT molecular complexity index is 445. The summed E-state index contributed by atoms with van der Waals surface area (Å²) < 4.78 is 13.8. The normalized spacial score (nSPS) is 29.3. The van der Waals surface area contributed by atoms with E-state index >= 15 is 0 Å². The first-order chi connectivity index (χ1) is 9.26. The molecular weight excluding hydrogens is 245 g/mol. The molecule has 4 heterocycles. The molecule has 0 radical (unpaired) electrons. The Morgan fingerprint density at radius 1 is 1.42 bits per heavy atom. The van der Waals surface area contributed by atoms with Crippen LogP contribution in [-0.2, 0) is 0 Å². The maximum Gasteiger partial charge on any atom is 0.224 e. The molecule has 0 aliphatic carbocycles. The van der Waals surface area contributed by atoms with E-state index in [4.69, 9.17) is 0 Å². The number of hydrogen-bond donors (Lipinski definition) is 2. The van der Waals surface area contributed by atoms with Gasteiger partial charge in [0.1, 0.15) is 0 Å².